The Labute approximate surface area is 84.0 Å². The second-order valence-corrected chi connectivity index (χ2v) is 33.5. The van der Waals surface area contributed by atoms with Gasteiger partial charge in [0.05, 0.1) is 0 Å². The van der Waals surface area contributed by atoms with E-state index in [1.807, 2.05) is 0 Å². The first-order valence-electron chi connectivity index (χ1n) is 5.37. The Balaban J connectivity index is 0.000000222. The van der Waals surface area contributed by atoms with E-state index >= 15 is 0 Å². The monoisotopic (exact) mass is 252 g/mol. The molecule has 0 aromatic rings. The summed E-state index contributed by atoms with van der Waals surface area (Å²) in [5.41, 5.74) is 0. The van der Waals surface area contributed by atoms with Crippen molar-refractivity contribution < 1.29 is 6.51 Å². The summed E-state index contributed by atoms with van der Waals surface area (Å²) >= 11 is 0. The molecule has 3 heteroatoms. The quantitative estimate of drug-likeness (QED) is 0.582. The van der Waals surface area contributed by atoms with Gasteiger partial charge in [0.2, 0.25) is 0 Å². The van der Waals surface area contributed by atoms with Crippen LogP contribution in [0.5, 0.6) is 0 Å². The molecule has 0 N–H and O–H groups in total. The fourth-order valence-corrected chi connectivity index (χ4v) is 88.0. The van der Waals surface area contributed by atoms with Crippen LogP contribution in [0.1, 0.15) is 0 Å². The van der Waals surface area contributed by atoms with Crippen LogP contribution < -0.4 is 0 Å². The van der Waals surface area contributed by atoms with Crippen LogP contribution in [0.15, 0.2) is 0 Å². The molecule has 72 valence electrons. The van der Waals surface area contributed by atoms with E-state index in [0.717, 1.165) is 0 Å². The van der Waals surface area contributed by atoms with E-state index in [9.17, 15) is 0 Å². The van der Waals surface area contributed by atoms with Crippen molar-refractivity contribution in [3.05, 3.63) is 0 Å². The van der Waals surface area contributed by atoms with Gasteiger partial charge >= 0.3 is 54.7 Å². The van der Waals surface area contributed by atoms with Crippen LogP contribution in [0.3, 0.4) is 0 Å². The third-order valence-corrected chi connectivity index (χ3v) is 56.5. The molecule has 10 rings (SSSR count). The molecule has 0 saturated carbocycles. The molecule has 10 fully saturated rings. The Morgan fingerprint density at radius 1 is 0.462 bits per heavy atom. The summed E-state index contributed by atoms with van der Waals surface area (Å²) in [6, 6.07) is 0. The molecule has 13 heavy (non-hydrogen) atoms. The number of halogens is 1. The van der Waals surface area contributed by atoms with E-state index < -0.39 is 6.51 Å². The molecule has 0 aromatic heterocycles. The Morgan fingerprint density at radius 3 is 0.615 bits per heavy atom. The molecule has 1 spiro atoms. The Bertz CT molecular complexity index is 582. The van der Waals surface area contributed by atoms with Crippen LogP contribution in [0.4, 0.5) is 0 Å². The van der Waals surface area contributed by atoms with Crippen molar-refractivity contribution in [1.82, 2.24) is 0 Å². The molecule has 10 heterocycles. The van der Waals surface area contributed by atoms with E-state index in [4.69, 9.17) is 0 Å². The summed E-state index contributed by atoms with van der Waals surface area (Å²) in [6.07, 6.45) is 0. The molecular formula is C10H14AlClFe. The van der Waals surface area contributed by atoms with Crippen LogP contribution in [0.25, 0.3) is 0 Å². The fraction of sp³-hybridized carbons (Fsp3) is 1.00. The van der Waals surface area contributed by atoms with E-state index in [1.165, 1.54) is 0 Å². The third-order valence-electron chi connectivity index (χ3n) is 14.5. The van der Waals surface area contributed by atoms with Crippen molar-refractivity contribution >= 4 is 29.8 Å². The van der Waals surface area contributed by atoms with Gasteiger partial charge < -0.3 is 0 Å². The average Bonchev–Trinajstić information content (AvgIpc) is 3.01. The molecule has 0 atom stereocenters. The summed E-state index contributed by atoms with van der Waals surface area (Å²) in [4.78, 5) is 15.9. The number of hydrogen-bond donors (Lipinski definition) is 0. The second-order valence-electron chi connectivity index (χ2n) is 9.58. The summed E-state index contributed by atoms with van der Waals surface area (Å²) in [6.45, 7) is -2.28. The average molecular weight is 253 g/mol. The second kappa shape index (κ2) is 0.349. The van der Waals surface area contributed by atoms with Gasteiger partial charge in [-0.1, -0.05) is 0 Å². The standard InChI is InChI=1S/2C5H5.Al.ClH.Fe.3H/c2*1-2-4-5-3-1;;;;;;/h2*1-5H;;1H;;;;. The Hall–Kier alpha value is 1.34. The predicted octanol–water partition coefficient (Wildman–Crippen LogP) is 2.61. The van der Waals surface area contributed by atoms with E-state index in [2.05, 4.69) is 0 Å². The number of rotatable bonds is 0. The fourth-order valence-electron chi connectivity index (χ4n) is 15.8. The van der Waals surface area contributed by atoms with Gasteiger partial charge in [-0.2, -0.15) is 0 Å². The summed E-state index contributed by atoms with van der Waals surface area (Å²) in [5.74, 6) is 0. The molecular weight excluding hydrogens is 238 g/mol. The maximum atomic E-state index is 1.59. The van der Waals surface area contributed by atoms with Gasteiger partial charge in [-0.05, 0) is 0 Å². The summed E-state index contributed by atoms with van der Waals surface area (Å²) in [5, 5.41) is 0. The minimum absolute atomic E-state index is 0. The normalized spacial score (nSPS) is 145. The summed E-state index contributed by atoms with van der Waals surface area (Å²) < 4.78 is 0. The van der Waals surface area contributed by atoms with Gasteiger partial charge in [0.1, 0.15) is 0 Å². The molecule has 0 nitrogen and oxygen atoms in total. The molecule has 10 aliphatic rings. The van der Waals surface area contributed by atoms with Crippen LogP contribution in [0, 0.1) is 0 Å². The molecule has 0 amide bonds. The maximum absolute atomic E-state index is 2.28. The molecule has 0 radical (unpaired) electrons. The van der Waals surface area contributed by atoms with Gasteiger partial charge in [0, 0.05) is 0 Å². The molecule has 0 aliphatic carbocycles. The van der Waals surface area contributed by atoms with Crippen molar-refractivity contribution in [3.63, 3.8) is 0 Å². The topological polar surface area (TPSA) is 0 Å². The first-order valence-corrected chi connectivity index (χ1v) is 11.7. The SMILES string of the molecule is Cl.[AlH3].[CH]12[CH]3[CH]4[CH]5[CH]1[Fe]23451678[CH]2[CH]1[CH]6[CH]7[CH]28. The van der Waals surface area contributed by atoms with E-state index in [0.29, 0.717) is 0 Å². The van der Waals surface area contributed by atoms with Gasteiger partial charge in [0.25, 0.3) is 0 Å². The van der Waals surface area contributed by atoms with Crippen molar-refractivity contribution in [2.45, 2.75) is 48.2 Å². The van der Waals surface area contributed by atoms with Gasteiger partial charge in [-0.25, -0.2) is 0 Å². The minimum atomic E-state index is -2.28. The van der Waals surface area contributed by atoms with Crippen molar-refractivity contribution in [2.24, 2.45) is 0 Å². The first-order chi connectivity index (χ1) is 5.16. The van der Waals surface area contributed by atoms with E-state index in [1.54, 1.807) is 48.2 Å². The van der Waals surface area contributed by atoms with E-state index in [-0.39, 0.29) is 29.8 Å². The predicted molar refractivity (Wildman–Crippen MR) is 54.7 cm³/mol. The zero-order valence-corrected chi connectivity index (χ0v) is 8.46. The molecule has 0 aromatic carbocycles. The molecule has 0 bridgehead atoms. The zero-order valence-electron chi connectivity index (χ0n) is 6.54. The van der Waals surface area contributed by atoms with Crippen molar-refractivity contribution in [3.8, 4) is 0 Å². The van der Waals surface area contributed by atoms with Crippen LogP contribution in [-0.2, 0) is 6.51 Å². The summed E-state index contributed by atoms with van der Waals surface area (Å²) in [7, 11) is 0. The Morgan fingerprint density at radius 2 is 0.615 bits per heavy atom. The van der Waals surface area contributed by atoms with Crippen molar-refractivity contribution in [1.29, 1.82) is 0 Å². The molecule has 10 saturated heterocycles. The van der Waals surface area contributed by atoms with Crippen LogP contribution in [0.2, 0.25) is 48.2 Å². The first kappa shape index (κ1) is 5.61. The van der Waals surface area contributed by atoms with Gasteiger partial charge in [-0.3, -0.25) is 0 Å². The Kier molecular flexibility index (Phi) is 0.150. The van der Waals surface area contributed by atoms with Gasteiger partial charge in [-0.15, -0.1) is 12.4 Å². The molecule has 10 aliphatic heterocycles. The van der Waals surface area contributed by atoms with Crippen molar-refractivity contribution in [2.75, 3.05) is 0 Å². The van der Waals surface area contributed by atoms with Gasteiger partial charge in [0.15, 0.2) is 17.4 Å². The molecule has 0 unspecified atom stereocenters. The number of fused-ring (bicyclic) bond motifs is 10. The van der Waals surface area contributed by atoms with Crippen LogP contribution in [-0.4, -0.2) is 17.4 Å². The third kappa shape index (κ3) is 0.0423. The number of hydrogen-bond acceptors (Lipinski definition) is 0. The van der Waals surface area contributed by atoms with Crippen LogP contribution >= 0.6 is 12.4 Å². The zero-order chi connectivity index (χ0) is 6.09.